The number of methoxy groups -OCH3 is 1. The minimum atomic E-state index is -0.225. The molecule has 0 fully saturated rings. The zero-order valence-electron chi connectivity index (χ0n) is 15.9. The fourth-order valence-corrected chi connectivity index (χ4v) is 4.25. The lowest BCUT2D eigenvalue weighted by Crippen LogP contribution is -2.14. The van der Waals surface area contributed by atoms with E-state index in [0.717, 1.165) is 26.4 Å². The van der Waals surface area contributed by atoms with Crippen LogP contribution in [-0.2, 0) is 0 Å². The van der Waals surface area contributed by atoms with Gasteiger partial charge in [-0.3, -0.25) is 4.79 Å². The summed E-state index contributed by atoms with van der Waals surface area (Å²) in [5.41, 5.74) is 3.51. The number of ether oxygens (including phenoxy) is 1. The summed E-state index contributed by atoms with van der Waals surface area (Å²) in [6.45, 7) is 4.26. The molecule has 0 saturated heterocycles. The van der Waals surface area contributed by atoms with Gasteiger partial charge in [-0.05, 0) is 35.7 Å². The van der Waals surface area contributed by atoms with Crippen LogP contribution in [0.3, 0.4) is 0 Å². The van der Waals surface area contributed by atoms with Crippen molar-refractivity contribution < 1.29 is 9.53 Å². The van der Waals surface area contributed by atoms with Gasteiger partial charge in [0.2, 0.25) is 0 Å². The van der Waals surface area contributed by atoms with Crippen molar-refractivity contribution in [2.75, 3.05) is 12.4 Å². The number of benzene rings is 2. The molecule has 0 aliphatic carbocycles. The normalized spacial score (nSPS) is 11.1. The maximum Gasteiger partial charge on any atom is 0.260 e. The first kappa shape index (κ1) is 18.3. The van der Waals surface area contributed by atoms with E-state index >= 15 is 0 Å². The number of nitrogens with zero attached hydrogens (tertiary/aromatic N) is 1. The van der Waals surface area contributed by atoms with Crippen molar-refractivity contribution in [2.45, 2.75) is 19.8 Å². The number of aromatic amines is 1. The first-order valence-corrected chi connectivity index (χ1v) is 9.91. The number of rotatable bonds is 5. The summed E-state index contributed by atoms with van der Waals surface area (Å²) in [6.07, 6.45) is 1.95. The van der Waals surface area contributed by atoms with Gasteiger partial charge in [0.15, 0.2) is 0 Å². The van der Waals surface area contributed by atoms with E-state index in [-0.39, 0.29) is 11.8 Å². The van der Waals surface area contributed by atoms with Crippen molar-refractivity contribution in [3.63, 3.8) is 0 Å². The summed E-state index contributed by atoms with van der Waals surface area (Å²) < 4.78 is 6.44. The van der Waals surface area contributed by atoms with E-state index in [9.17, 15) is 4.79 Å². The fourth-order valence-electron chi connectivity index (χ4n) is 3.22. The summed E-state index contributed by atoms with van der Waals surface area (Å²) in [7, 11) is 1.56. The van der Waals surface area contributed by atoms with Gasteiger partial charge in [-0.2, -0.15) is 0 Å². The molecule has 142 valence electrons. The third kappa shape index (κ3) is 3.27. The van der Waals surface area contributed by atoms with Gasteiger partial charge in [-0.15, -0.1) is 11.3 Å². The lowest BCUT2D eigenvalue weighted by Gasteiger charge is -2.10. The largest absolute Gasteiger partial charge is 0.496 e. The van der Waals surface area contributed by atoms with Crippen LogP contribution in [0.2, 0.25) is 0 Å². The van der Waals surface area contributed by atoms with E-state index in [4.69, 9.17) is 9.72 Å². The van der Waals surface area contributed by atoms with Crippen LogP contribution in [0.4, 0.5) is 5.82 Å². The van der Waals surface area contributed by atoms with Crippen molar-refractivity contribution in [3.05, 3.63) is 65.9 Å². The number of H-pyrrole nitrogens is 1. The quantitative estimate of drug-likeness (QED) is 0.460. The predicted octanol–water partition coefficient (Wildman–Crippen LogP) is 5.68. The maximum absolute atomic E-state index is 12.9. The van der Waals surface area contributed by atoms with Crippen molar-refractivity contribution in [1.29, 1.82) is 0 Å². The number of thiazole rings is 1. The summed E-state index contributed by atoms with van der Waals surface area (Å²) in [4.78, 5) is 20.9. The highest BCUT2D eigenvalue weighted by Gasteiger charge is 2.22. The van der Waals surface area contributed by atoms with Gasteiger partial charge in [0.25, 0.3) is 5.91 Å². The molecule has 28 heavy (non-hydrogen) atoms. The number of fused-ring (bicyclic) bond motifs is 1. The molecule has 0 unspecified atom stereocenters. The average molecular weight is 391 g/mol. The lowest BCUT2D eigenvalue weighted by molar-refractivity contribution is 0.102. The Bertz CT molecular complexity index is 1110. The number of hydrogen-bond donors (Lipinski definition) is 2. The van der Waals surface area contributed by atoms with Crippen molar-refractivity contribution in [2.24, 2.45) is 0 Å². The molecule has 0 bridgehead atoms. The number of amides is 1. The Labute approximate surface area is 167 Å². The SMILES string of the molecule is COc1ccccc1C(=O)Nc1[nH]cc(C(C)C)c1-c1nc2ccccc2s1. The van der Waals surface area contributed by atoms with Crippen LogP contribution in [0.5, 0.6) is 5.75 Å². The highest BCUT2D eigenvalue weighted by molar-refractivity contribution is 7.21. The fraction of sp³-hybridized carbons (Fsp3) is 0.182. The van der Waals surface area contributed by atoms with E-state index in [2.05, 4.69) is 30.2 Å². The van der Waals surface area contributed by atoms with Gasteiger partial charge >= 0.3 is 0 Å². The van der Waals surface area contributed by atoms with Gasteiger partial charge in [0.05, 0.1) is 28.5 Å². The van der Waals surface area contributed by atoms with Gasteiger partial charge in [-0.1, -0.05) is 38.1 Å². The smallest absolute Gasteiger partial charge is 0.260 e. The number of para-hydroxylation sites is 2. The molecular weight excluding hydrogens is 370 g/mol. The van der Waals surface area contributed by atoms with E-state index in [0.29, 0.717) is 17.1 Å². The Morgan fingerprint density at radius 1 is 1.14 bits per heavy atom. The monoisotopic (exact) mass is 391 g/mol. The number of aromatic nitrogens is 2. The summed E-state index contributed by atoms with van der Waals surface area (Å²) >= 11 is 1.62. The Morgan fingerprint density at radius 3 is 2.64 bits per heavy atom. The third-order valence-electron chi connectivity index (χ3n) is 4.63. The Hall–Kier alpha value is -3.12. The minimum Gasteiger partial charge on any atom is -0.496 e. The number of carbonyl (C=O) groups is 1. The topological polar surface area (TPSA) is 67.0 Å². The number of hydrogen-bond acceptors (Lipinski definition) is 4. The molecule has 2 aromatic heterocycles. The van der Waals surface area contributed by atoms with Crippen LogP contribution < -0.4 is 10.1 Å². The second-order valence-electron chi connectivity index (χ2n) is 6.79. The van der Waals surface area contributed by atoms with Crippen molar-refractivity contribution >= 4 is 33.3 Å². The second kappa shape index (κ2) is 7.48. The van der Waals surface area contributed by atoms with Gasteiger partial charge in [0.1, 0.15) is 16.6 Å². The van der Waals surface area contributed by atoms with Gasteiger partial charge in [-0.25, -0.2) is 4.98 Å². The molecule has 4 aromatic rings. The standard InChI is InChI=1S/C22H21N3O2S/c1-13(2)15-12-23-20(25-21(26)14-8-4-6-10-17(14)27-3)19(15)22-24-16-9-5-7-11-18(16)28-22/h4-13,23H,1-3H3,(H,25,26). The second-order valence-corrected chi connectivity index (χ2v) is 7.82. The van der Waals surface area contributed by atoms with Crippen LogP contribution in [0.15, 0.2) is 54.7 Å². The van der Waals surface area contributed by atoms with Crippen LogP contribution in [0.1, 0.15) is 35.7 Å². The Morgan fingerprint density at radius 2 is 1.89 bits per heavy atom. The maximum atomic E-state index is 12.9. The van der Waals surface area contributed by atoms with Crippen LogP contribution in [0, 0.1) is 0 Å². The number of carbonyl (C=O) groups excluding carboxylic acids is 1. The summed E-state index contributed by atoms with van der Waals surface area (Å²) in [6, 6.07) is 15.2. The Balaban J connectivity index is 1.77. The number of anilines is 1. The molecular formula is C22H21N3O2S. The molecule has 0 radical (unpaired) electrons. The summed E-state index contributed by atoms with van der Waals surface area (Å²) in [5.74, 6) is 1.25. The van der Waals surface area contributed by atoms with Crippen molar-refractivity contribution in [3.8, 4) is 16.3 Å². The zero-order valence-corrected chi connectivity index (χ0v) is 16.8. The molecule has 5 nitrogen and oxygen atoms in total. The van der Waals surface area contributed by atoms with Gasteiger partial charge < -0.3 is 15.0 Å². The highest BCUT2D eigenvalue weighted by Crippen LogP contribution is 2.39. The Kier molecular flexibility index (Phi) is 4.88. The van der Waals surface area contributed by atoms with Crippen LogP contribution in [-0.4, -0.2) is 23.0 Å². The van der Waals surface area contributed by atoms with E-state index in [1.54, 1.807) is 30.6 Å². The molecule has 2 heterocycles. The van der Waals surface area contributed by atoms with Crippen LogP contribution in [0.25, 0.3) is 20.8 Å². The first-order chi connectivity index (χ1) is 13.6. The molecule has 0 aliphatic heterocycles. The first-order valence-electron chi connectivity index (χ1n) is 9.10. The molecule has 4 rings (SSSR count). The van der Waals surface area contributed by atoms with E-state index in [1.165, 1.54) is 0 Å². The number of nitrogens with one attached hydrogen (secondary N) is 2. The predicted molar refractivity (Wildman–Crippen MR) is 114 cm³/mol. The molecule has 0 spiro atoms. The molecule has 0 aliphatic rings. The average Bonchev–Trinajstić information content (AvgIpc) is 3.31. The summed E-state index contributed by atoms with van der Waals surface area (Å²) in [5, 5.41) is 3.90. The van der Waals surface area contributed by atoms with Crippen molar-refractivity contribution in [1.82, 2.24) is 9.97 Å². The molecule has 2 aromatic carbocycles. The van der Waals surface area contributed by atoms with Gasteiger partial charge in [0, 0.05) is 6.20 Å². The van der Waals surface area contributed by atoms with E-state index < -0.39 is 0 Å². The highest BCUT2D eigenvalue weighted by atomic mass is 32.1. The molecule has 2 N–H and O–H groups in total. The third-order valence-corrected chi connectivity index (χ3v) is 5.68. The van der Waals surface area contributed by atoms with E-state index in [1.807, 2.05) is 36.5 Å². The minimum absolute atomic E-state index is 0.225. The molecule has 6 heteroatoms. The lowest BCUT2D eigenvalue weighted by atomic mass is 10.0. The molecule has 0 atom stereocenters. The zero-order chi connectivity index (χ0) is 19.7. The molecule has 1 amide bonds. The van der Waals surface area contributed by atoms with Crippen LogP contribution >= 0.6 is 11.3 Å². The molecule has 0 saturated carbocycles.